The Balaban J connectivity index is 2.52. The Labute approximate surface area is 106 Å². The number of hydrogen-bond acceptors (Lipinski definition) is 4. The molecule has 5 nitrogen and oxygen atoms in total. The van der Waals surface area contributed by atoms with E-state index in [1.165, 1.54) is 6.33 Å². The molecule has 0 aliphatic rings. The molecule has 0 atom stereocenters. The SMILES string of the molecule is Cc1oc(C)c(C(=O)c2ncnn2C(C)C)c1C. The average molecular weight is 247 g/mol. The molecule has 0 unspecified atom stereocenters. The first kappa shape index (κ1) is 12.5. The molecule has 2 rings (SSSR count). The third-order valence-electron chi connectivity index (χ3n) is 3.05. The van der Waals surface area contributed by atoms with Gasteiger partial charge in [0.1, 0.15) is 17.8 Å². The zero-order chi connectivity index (χ0) is 13.4. The first-order valence-electron chi connectivity index (χ1n) is 5.94. The van der Waals surface area contributed by atoms with Crippen LogP contribution < -0.4 is 0 Å². The lowest BCUT2D eigenvalue weighted by atomic mass is 10.1. The third kappa shape index (κ3) is 1.85. The van der Waals surface area contributed by atoms with Gasteiger partial charge in [-0.05, 0) is 34.6 Å². The van der Waals surface area contributed by atoms with Crippen molar-refractivity contribution in [1.82, 2.24) is 14.8 Å². The Hall–Kier alpha value is -1.91. The van der Waals surface area contributed by atoms with E-state index < -0.39 is 0 Å². The van der Waals surface area contributed by atoms with E-state index in [1.807, 2.05) is 27.7 Å². The second-order valence-electron chi connectivity index (χ2n) is 4.67. The smallest absolute Gasteiger partial charge is 0.233 e. The summed E-state index contributed by atoms with van der Waals surface area (Å²) in [4.78, 5) is 16.6. The van der Waals surface area contributed by atoms with Gasteiger partial charge in [-0.15, -0.1) is 0 Å². The number of ketones is 1. The second kappa shape index (κ2) is 4.40. The number of aryl methyl sites for hydroxylation is 2. The molecule has 2 heterocycles. The molecule has 18 heavy (non-hydrogen) atoms. The summed E-state index contributed by atoms with van der Waals surface area (Å²) in [6.45, 7) is 9.46. The van der Waals surface area contributed by atoms with Gasteiger partial charge in [0.05, 0.1) is 5.56 Å². The standard InChI is InChI=1S/C13H17N3O2/c1-7(2)16-13(14-6-15-16)12(17)11-8(3)9(4)18-10(11)5/h6-7H,1-5H3. The van der Waals surface area contributed by atoms with E-state index >= 15 is 0 Å². The molecule has 0 saturated carbocycles. The number of furan rings is 1. The van der Waals surface area contributed by atoms with E-state index in [0.29, 0.717) is 17.1 Å². The van der Waals surface area contributed by atoms with E-state index in [1.54, 1.807) is 11.6 Å². The van der Waals surface area contributed by atoms with E-state index in [0.717, 1.165) is 11.3 Å². The summed E-state index contributed by atoms with van der Waals surface area (Å²) in [6.07, 6.45) is 1.41. The molecule has 0 aliphatic heterocycles. The van der Waals surface area contributed by atoms with Gasteiger partial charge in [0.15, 0.2) is 5.82 Å². The van der Waals surface area contributed by atoms with Gasteiger partial charge >= 0.3 is 0 Å². The Morgan fingerprint density at radius 1 is 1.28 bits per heavy atom. The minimum atomic E-state index is -0.131. The van der Waals surface area contributed by atoms with E-state index in [2.05, 4.69) is 10.1 Å². The molecule has 0 radical (unpaired) electrons. The van der Waals surface area contributed by atoms with Crippen molar-refractivity contribution in [2.45, 2.75) is 40.7 Å². The predicted octanol–water partition coefficient (Wildman–Crippen LogP) is 2.61. The van der Waals surface area contributed by atoms with Crippen LogP contribution in [0.4, 0.5) is 0 Å². The lowest BCUT2D eigenvalue weighted by Crippen LogP contribution is -2.15. The maximum Gasteiger partial charge on any atom is 0.233 e. The van der Waals surface area contributed by atoms with Gasteiger partial charge in [-0.1, -0.05) is 0 Å². The van der Waals surface area contributed by atoms with Crippen LogP contribution in [-0.4, -0.2) is 20.5 Å². The maximum atomic E-state index is 12.5. The molecular formula is C13H17N3O2. The lowest BCUT2D eigenvalue weighted by molar-refractivity contribution is 0.102. The van der Waals surface area contributed by atoms with Gasteiger partial charge in [0.2, 0.25) is 5.78 Å². The highest BCUT2D eigenvalue weighted by molar-refractivity contribution is 6.08. The number of carbonyl (C=O) groups excluding carboxylic acids is 1. The third-order valence-corrected chi connectivity index (χ3v) is 3.05. The monoisotopic (exact) mass is 247 g/mol. The zero-order valence-electron chi connectivity index (χ0n) is 11.3. The topological polar surface area (TPSA) is 60.9 Å². The fourth-order valence-corrected chi connectivity index (χ4v) is 2.03. The van der Waals surface area contributed by atoms with Crippen LogP contribution in [0.2, 0.25) is 0 Å². The lowest BCUT2D eigenvalue weighted by Gasteiger charge is -2.08. The number of nitrogens with zero attached hydrogens (tertiary/aromatic N) is 3. The zero-order valence-corrected chi connectivity index (χ0v) is 11.3. The van der Waals surface area contributed by atoms with Crippen LogP contribution in [0.1, 0.15) is 53.2 Å². The fraction of sp³-hybridized carbons (Fsp3) is 0.462. The van der Waals surface area contributed by atoms with Gasteiger partial charge in [0, 0.05) is 11.6 Å². The van der Waals surface area contributed by atoms with Crippen molar-refractivity contribution in [3.63, 3.8) is 0 Å². The number of hydrogen-bond donors (Lipinski definition) is 0. The second-order valence-corrected chi connectivity index (χ2v) is 4.67. The number of carbonyl (C=O) groups is 1. The molecule has 2 aromatic heterocycles. The van der Waals surface area contributed by atoms with Gasteiger partial charge in [-0.3, -0.25) is 4.79 Å². The molecule has 0 saturated heterocycles. The Kier molecular flexibility index (Phi) is 3.07. The summed E-state index contributed by atoms with van der Waals surface area (Å²) in [7, 11) is 0. The Morgan fingerprint density at radius 2 is 1.94 bits per heavy atom. The van der Waals surface area contributed by atoms with Crippen LogP contribution in [0.3, 0.4) is 0 Å². The minimum Gasteiger partial charge on any atom is -0.466 e. The summed E-state index contributed by atoms with van der Waals surface area (Å²) in [5.41, 5.74) is 1.47. The molecule has 0 spiro atoms. The fourth-order valence-electron chi connectivity index (χ4n) is 2.03. The van der Waals surface area contributed by atoms with Crippen LogP contribution in [0.25, 0.3) is 0 Å². The Bertz CT molecular complexity index is 593. The van der Waals surface area contributed by atoms with E-state index in [4.69, 9.17) is 4.42 Å². The van der Waals surface area contributed by atoms with Crippen molar-refractivity contribution in [2.24, 2.45) is 0 Å². The molecule has 2 aromatic rings. The van der Waals surface area contributed by atoms with E-state index in [9.17, 15) is 4.79 Å². The molecule has 0 amide bonds. The normalized spacial score (nSPS) is 11.2. The number of aromatic nitrogens is 3. The van der Waals surface area contributed by atoms with Gasteiger partial charge in [-0.25, -0.2) is 9.67 Å². The average Bonchev–Trinajstić information content (AvgIpc) is 2.85. The van der Waals surface area contributed by atoms with Crippen molar-refractivity contribution in [3.8, 4) is 0 Å². The summed E-state index contributed by atoms with van der Waals surface area (Å²) in [5.74, 6) is 1.63. The highest BCUT2D eigenvalue weighted by Crippen LogP contribution is 2.23. The van der Waals surface area contributed by atoms with Crippen LogP contribution in [0, 0.1) is 20.8 Å². The predicted molar refractivity (Wildman–Crippen MR) is 66.8 cm³/mol. The van der Waals surface area contributed by atoms with Crippen LogP contribution in [0.15, 0.2) is 10.7 Å². The largest absolute Gasteiger partial charge is 0.466 e. The first-order valence-corrected chi connectivity index (χ1v) is 5.94. The van der Waals surface area contributed by atoms with Gasteiger partial charge in [-0.2, -0.15) is 5.10 Å². The molecule has 5 heteroatoms. The van der Waals surface area contributed by atoms with Gasteiger partial charge < -0.3 is 4.42 Å². The first-order chi connectivity index (χ1) is 8.43. The summed E-state index contributed by atoms with van der Waals surface area (Å²) < 4.78 is 7.12. The summed E-state index contributed by atoms with van der Waals surface area (Å²) in [6, 6.07) is 0.0973. The quantitative estimate of drug-likeness (QED) is 0.782. The van der Waals surface area contributed by atoms with Crippen molar-refractivity contribution < 1.29 is 9.21 Å². The molecule has 0 N–H and O–H groups in total. The molecule has 0 fully saturated rings. The summed E-state index contributed by atoms with van der Waals surface area (Å²) >= 11 is 0. The van der Waals surface area contributed by atoms with Crippen LogP contribution in [0.5, 0.6) is 0 Å². The molecule has 96 valence electrons. The van der Waals surface area contributed by atoms with Crippen molar-refractivity contribution in [1.29, 1.82) is 0 Å². The highest BCUT2D eigenvalue weighted by atomic mass is 16.3. The van der Waals surface area contributed by atoms with Crippen molar-refractivity contribution in [3.05, 3.63) is 34.8 Å². The molecule has 0 aromatic carbocycles. The van der Waals surface area contributed by atoms with Crippen LogP contribution >= 0.6 is 0 Å². The molecular weight excluding hydrogens is 230 g/mol. The highest BCUT2D eigenvalue weighted by Gasteiger charge is 2.24. The molecule has 0 aliphatic carbocycles. The summed E-state index contributed by atoms with van der Waals surface area (Å²) in [5, 5.41) is 4.08. The Morgan fingerprint density at radius 3 is 2.44 bits per heavy atom. The van der Waals surface area contributed by atoms with Crippen molar-refractivity contribution in [2.75, 3.05) is 0 Å². The number of rotatable bonds is 3. The maximum absolute atomic E-state index is 12.5. The van der Waals surface area contributed by atoms with E-state index in [-0.39, 0.29) is 11.8 Å². The van der Waals surface area contributed by atoms with Gasteiger partial charge in [0.25, 0.3) is 0 Å². The van der Waals surface area contributed by atoms with Crippen molar-refractivity contribution >= 4 is 5.78 Å². The minimum absolute atomic E-state index is 0.0973. The molecule has 0 bridgehead atoms. The van der Waals surface area contributed by atoms with Crippen LogP contribution in [-0.2, 0) is 0 Å².